The largest absolute Gasteiger partial charge is 0.452 e. The van der Waals surface area contributed by atoms with Gasteiger partial charge in [0, 0.05) is 12.5 Å². The third kappa shape index (κ3) is 3.93. The molecule has 2 fully saturated rings. The Hall–Kier alpha value is -1.54. The lowest BCUT2D eigenvalue weighted by Gasteiger charge is -2.68. The van der Waals surface area contributed by atoms with Gasteiger partial charge in [-0.2, -0.15) is 0 Å². The van der Waals surface area contributed by atoms with E-state index in [1.54, 1.807) is 19.9 Å². The molecular formula is C29H46O6Si. The molecule has 0 amide bonds. The van der Waals surface area contributed by atoms with Gasteiger partial charge in [-0.3, -0.25) is 4.79 Å². The molecule has 0 bridgehead atoms. The maximum Gasteiger partial charge on any atom is 0.330 e. The Kier molecular flexibility index (Phi) is 6.84. The summed E-state index contributed by atoms with van der Waals surface area (Å²) in [5.74, 6) is -0.999. The highest BCUT2D eigenvalue weighted by Gasteiger charge is 2.77. The number of ether oxygens (including phenoxy) is 2. The van der Waals surface area contributed by atoms with E-state index in [0.29, 0.717) is 6.42 Å². The molecule has 1 N–H and O–H groups in total. The normalized spacial score (nSPS) is 40.4. The van der Waals surface area contributed by atoms with Crippen molar-refractivity contribution in [2.24, 2.45) is 10.8 Å². The van der Waals surface area contributed by atoms with E-state index in [9.17, 15) is 14.7 Å². The van der Waals surface area contributed by atoms with Gasteiger partial charge in [-0.05, 0) is 56.3 Å². The van der Waals surface area contributed by atoms with Gasteiger partial charge < -0.3 is 19.0 Å². The summed E-state index contributed by atoms with van der Waals surface area (Å²) in [5, 5.41) is 12.8. The molecule has 0 aromatic carbocycles. The Morgan fingerprint density at radius 3 is 2.28 bits per heavy atom. The molecule has 1 heterocycles. The van der Waals surface area contributed by atoms with Gasteiger partial charge in [-0.1, -0.05) is 59.8 Å². The van der Waals surface area contributed by atoms with Gasteiger partial charge in [0.05, 0.1) is 17.1 Å². The van der Waals surface area contributed by atoms with E-state index in [-0.39, 0.29) is 22.7 Å². The molecule has 0 unspecified atom stereocenters. The molecule has 2 aliphatic carbocycles. The minimum absolute atomic E-state index is 0.0408. The van der Waals surface area contributed by atoms with E-state index < -0.39 is 48.7 Å². The SMILES string of the molecule is C=CC(=O)O[C@H]1C=C2C(C)(C)CC[C@H](O[Si](C)(C)C(C)(C)C)[C@]2(C)[C@@]2(O)C(=O)C[C@](C)(C=C)O[C@]12C. The number of ketones is 1. The molecule has 7 heteroatoms. The van der Waals surface area contributed by atoms with Gasteiger partial charge >= 0.3 is 5.97 Å². The molecule has 6 atom stereocenters. The van der Waals surface area contributed by atoms with Crippen LogP contribution >= 0.6 is 0 Å². The number of fused-ring (bicyclic) bond motifs is 3. The van der Waals surface area contributed by atoms with Gasteiger partial charge in [0.1, 0.15) is 5.60 Å². The summed E-state index contributed by atoms with van der Waals surface area (Å²) in [6.45, 7) is 27.9. The predicted molar refractivity (Wildman–Crippen MR) is 144 cm³/mol. The van der Waals surface area contributed by atoms with Crippen LogP contribution < -0.4 is 0 Å². The first-order valence-corrected chi connectivity index (χ1v) is 15.9. The van der Waals surface area contributed by atoms with Crippen LogP contribution in [0, 0.1) is 10.8 Å². The molecule has 3 rings (SSSR count). The second-order valence-corrected chi connectivity index (χ2v) is 18.4. The Morgan fingerprint density at radius 1 is 1.19 bits per heavy atom. The van der Waals surface area contributed by atoms with Gasteiger partial charge in [0.2, 0.25) is 0 Å². The minimum Gasteiger partial charge on any atom is -0.452 e. The van der Waals surface area contributed by atoms with Crippen molar-refractivity contribution < 1.29 is 28.6 Å². The van der Waals surface area contributed by atoms with E-state index in [1.807, 2.05) is 13.0 Å². The van der Waals surface area contributed by atoms with Crippen LogP contribution in [0.2, 0.25) is 18.1 Å². The molecule has 3 aliphatic rings. The van der Waals surface area contributed by atoms with Crippen molar-refractivity contribution in [1.82, 2.24) is 0 Å². The Labute approximate surface area is 218 Å². The first kappa shape index (κ1) is 29.0. The molecule has 36 heavy (non-hydrogen) atoms. The van der Waals surface area contributed by atoms with Crippen LogP contribution in [0.1, 0.15) is 74.7 Å². The maximum atomic E-state index is 14.2. The Bertz CT molecular complexity index is 1010. The van der Waals surface area contributed by atoms with Crippen molar-refractivity contribution in [1.29, 1.82) is 0 Å². The fourth-order valence-electron chi connectivity index (χ4n) is 6.46. The number of carbonyl (C=O) groups is 2. The van der Waals surface area contributed by atoms with Crippen LogP contribution in [-0.2, 0) is 23.5 Å². The van der Waals surface area contributed by atoms with Crippen molar-refractivity contribution >= 4 is 20.1 Å². The summed E-state index contributed by atoms with van der Waals surface area (Å²) in [6.07, 6.45) is 4.60. The molecule has 202 valence electrons. The van der Waals surface area contributed by atoms with Crippen LogP contribution in [0.25, 0.3) is 0 Å². The van der Waals surface area contributed by atoms with Gasteiger partial charge in [-0.25, -0.2) is 4.79 Å². The highest BCUT2D eigenvalue weighted by Crippen LogP contribution is 2.66. The predicted octanol–water partition coefficient (Wildman–Crippen LogP) is 5.66. The molecule has 0 spiro atoms. The standard InChI is InChI=1S/C29H46O6Si/c1-13-23(31)33-22-17-19-25(6,7)16-15-21(34-36(11,12)24(3,4)5)27(19,9)29(32)20(30)18-26(8,14-2)35-28(22,29)10/h13-14,17,21-22,32H,1-2,15-16,18H2,3-12H3/t21-,22-,26-,27+,28+,29-/m0/s1. The second-order valence-electron chi connectivity index (χ2n) is 13.7. The first-order valence-electron chi connectivity index (χ1n) is 13.0. The number of aliphatic hydroxyl groups is 1. The van der Waals surface area contributed by atoms with Crippen LogP contribution in [0.5, 0.6) is 0 Å². The quantitative estimate of drug-likeness (QED) is 0.219. The van der Waals surface area contributed by atoms with Crippen LogP contribution in [0.15, 0.2) is 37.0 Å². The van der Waals surface area contributed by atoms with Crippen LogP contribution in [0.3, 0.4) is 0 Å². The second kappa shape index (κ2) is 8.48. The highest BCUT2D eigenvalue weighted by molar-refractivity contribution is 6.74. The van der Waals surface area contributed by atoms with E-state index >= 15 is 0 Å². The molecular weight excluding hydrogens is 472 g/mol. The number of hydrogen-bond acceptors (Lipinski definition) is 6. The fraction of sp³-hybridized carbons (Fsp3) is 0.724. The maximum absolute atomic E-state index is 14.2. The molecule has 0 radical (unpaired) electrons. The van der Waals surface area contributed by atoms with E-state index in [4.69, 9.17) is 13.9 Å². The third-order valence-electron chi connectivity index (χ3n) is 9.74. The van der Waals surface area contributed by atoms with E-state index in [0.717, 1.165) is 18.1 Å². The summed E-state index contributed by atoms with van der Waals surface area (Å²) in [4.78, 5) is 26.6. The number of rotatable bonds is 5. The summed E-state index contributed by atoms with van der Waals surface area (Å²) in [6, 6.07) is 0. The molecule has 1 aliphatic heterocycles. The highest BCUT2D eigenvalue weighted by atomic mass is 28.4. The summed E-state index contributed by atoms with van der Waals surface area (Å²) >= 11 is 0. The Morgan fingerprint density at radius 2 is 1.78 bits per heavy atom. The van der Waals surface area contributed by atoms with Crippen molar-refractivity contribution in [3.8, 4) is 0 Å². The van der Waals surface area contributed by atoms with Crippen molar-refractivity contribution in [3.63, 3.8) is 0 Å². The van der Waals surface area contributed by atoms with Crippen molar-refractivity contribution in [3.05, 3.63) is 37.0 Å². The lowest BCUT2D eigenvalue weighted by atomic mass is 9.44. The smallest absolute Gasteiger partial charge is 0.330 e. The van der Waals surface area contributed by atoms with E-state index in [2.05, 4.69) is 60.9 Å². The molecule has 6 nitrogen and oxygen atoms in total. The molecule has 1 saturated heterocycles. The summed E-state index contributed by atoms with van der Waals surface area (Å²) in [5.41, 5.74) is -5.22. The number of hydrogen-bond donors (Lipinski definition) is 1. The van der Waals surface area contributed by atoms with Crippen LogP contribution in [-0.4, -0.2) is 54.2 Å². The van der Waals surface area contributed by atoms with Gasteiger partial charge in [0.15, 0.2) is 25.8 Å². The molecule has 0 aromatic heterocycles. The average Bonchev–Trinajstić information content (AvgIpc) is 2.74. The molecule has 1 saturated carbocycles. The summed E-state index contributed by atoms with van der Waals surface area (Å²) < 4.78 is 19.4. The number of Topliss-reactive ketones (excluding diaryl/α,β-unsaturated/α-hetero) is 1. The topological polar surface area (TPSA) is 82.1 Å². The van der Waals surface area contributed by atoms with Gasteiger partial charge in [-0.15, -0.1) is 6.58 Å². The van der Waals surface area contributed by atoms with E-state index in [1.165, 1.54) is 0 Å². The van der Waals surface area contributed by atoms with Crippen molar-refractivity contribution in [2.75, 3.05) is 0 Å². The average molecular weight is 519 g/mol. The minimum atomic E-state index is -2.29. The Balaban J connectivity index is 2.34. The first-order chi connectivity index (χ1) is 16.1. The monoisotopic (exact) mass is 518 g/mol. The fourth-order valence-corrected chi connectivity index (χ4v) is 7.88. The zero-order valence-corrected chi connectivity index (χ0v) is 24.9. The summed E-state index contributed by atoms with van der Waals surface area (Å²) in [7, 11) is -2.29. The number of carbonyl (C=O) groups excluding carboxylic acids is 2. The zero-order chi connectivity index (χ0) is 27.8. The third-order valence-corrected chi connectivity index (χ3v) is 14.2. The lowest BCUT2D eigenvalue weighted by Crippen LogP contribution is -2.81. The lowest BCUT2D eigenvalue weighted by molar-refractivity contribution is -0.304. The number of esters is 1. The van der Waals surface area contributed by atoms with Gasteiger partial charge in [0.25, 0.3) is 0 Å². The zero-order valence-electron chi connectivity index (χ0n) is 23.9. The van der Waals surface area contributed by atoms with Crippen molar-refractivity contribution in [2.45, 2.75) is 122 Å². The molecule has 0 aromatic rings. The van der Waals surface area contributed by atoms with Crippen LogP contribution in [0.4, 0.5) is 0 Å².